The highest BCUT2D eigenvalue weighted by atomic mass is 16.5. The van der Waals surface area contributed by atoms with Crippen LogP contribution in [0.3, 0.4) is 0 Å². The maximum Gasteiger partial charge on any atom is 0.341 e. The predicted molar refractivity (Wildman–Crippen MR) is 118 cm³/mol. The average molecular weight is 438 g/mol. The van der Waals surface area contributed by atoms with Crippen LogP contribution in [0, 0.1) is 0 Å². The molecule has 2 aromatic carbocycles. The van der Waals surface area contributed by atoms with Crippen LogP contribution < -0.4 is 14.6 Å². The van der Waals surface area contributed by atoms with Crippen LogP contribution in [0.4, 0.5) is 0 Å². The number of benzene rings is 2. The van der Waals surface area contributed by atoms with Gasteiger partial charge in [-0.2, -0.15) is 0 Å². The van der Waals surface area contributed by atoms with E-state index in [1.165, 1.54) is 13.2 Å². The molecule has 3 aromatic rings. The number of esters is 1. The zero-order valence-electron chi connectivity index (χ0n) is 18.6. The Kier molecular flexibility index (Phi) is 7.72. The number of ether oxygens (including phenoxy) is 2. The lowest BCUT2D eigenvalue weighted by Crippen LogP contribution is -2.46. The fourth-order valence-corrected chi connectivity index (χ4v) is 3.12. The van der Waals surface area contributed by atoms with E-state index in [9.17, 15) is 9.59 Å². The van der Waals surface area contributed by atoms with Gasteiger partial charge in [0.25, 0.3) is 6.33 Å². The summed E-state index contributed by atoms with van der Waals surface area (Å²) >= 11 is 0. The summed E-state index contributed by atoms with van der Waals surface area (Å²) in [6.45, 7) is 5.31. The van der Waals surface area contributed by atoms with Crippen LogP contribution in [-0.2, 0) is 17.9 Å². The molecule has 0 radical (unpaired) electrons. The molecule has 0 aliphatic carbocycles. The Morgan fingerprint density at radius 1 is 1.16 bits per heavy atom. The van der Waals surface area contributed by atoms with E-state index < -0.39 is 5.97 Å². The van der Waals surface area contributed by atoms with Gasteiger partial charge >= 0.3 is 5.97 Å². The smallest absolute Gasteiger partial charge is 0.341 e. The van der Waals surface area contributed by atoms with E-state index in [-0.39, 0.29) is 23.4 Å². The molecule has 168 valence electrons. The van der Waals surface area contributed by atoms with E-state index in [0.717, 1.165) is 18.5 Å². The van der Waals surface area contributed by atoms with Crippen LogP contribution in [0.2, 0.25) is 0 Å². The van der Waals surface area contributed by atoms with Crippen molar-refractivity contribution < 1.29 is 23.6 Å². The minimum absolute atomic E-state index is 0.117. The highest BCUT2D eigenvalue weighted by Gasteiger charge is 2.21. The third-order valence-electron chi connectivity index (χ3n) is 5.17. The number of nitrogens with zero attached hydrogens (tertiary/aromatic N) is 2. The van der Waals surface area contributed by atoms with Gasteiger partial charge in [-0.15, -0.1) is 5.10 Å². The number of aromatic nitrogens is 3. The number of aryl methyl sites for hydroxylation is 1. The molecule has 0 bridgehead atoms. The number of ketones is 1. The Bertz CT molecular complexity index is 1030. The number of nitrogens with one attached hydrogen (secondary N) is 2. The SMILES string of the molecule is COC(=O)c1cc(C(=O)CNC(C)(C)CC[n+]2cn[nH]c2)ccc1OCc1ccccc1. The van der Waals surface area contributed by atoms with E-state index >= 15 is 0 Å². The lowest BCUT2D eigenvalue weighted by atomic mass is 9.99. The van der Waals surface area contributed by atoms with Crippen molar-refractivity contribution >= 4 is 11.8 Å². The number of hydrogen-bond acceptors (Lipinski definition) is 6. The zero-order valence-corrected chi connectivity index (χ0v) is 18.6. The molecule has 0 aliphatic heterocycles. The number of carbonyl (C=O) groups excluding carboxylic acids is 2. The van der Waals surface area contributed by atoms with Gasteiger partial charge in [-0.25, -0.2) is 9.36 Å². The van der Waals surface area contributed by atoms with Crippen molar-refractivity contribution in [2.45, 2.75) is 39.0 Å². The number of methoxy groups -OCH3 is 1. The third kappa shape index (κ3) is 6.49. The van der Waals surface area contributed by atoms with Crippen LogP contribution in [-0.4, -0.2) is 41.1 Å². The van der Waals surface area contributed by atoms with Crippen LogP contribution in [0.15, 0.2) is 61.2 Å². The standard InChI is InChI=1S/C24H28N4O4/c1-24(2,11-12-28-16-26-27-17-28)25-14-21(29)19-9-10-22(20(13-19)23(30)31-3)32-15-18-7-5-4-6-8-18/h4-10,13,16-17,25H,11-12,14-15H2,1-3H3/p+1. The number of carbonyl (C=O) groups is 2. The van der Waals surface area contributed by atoms with Gasteiger partial charge in [0.15, 0.2) is 5.78 Å². The molecule has 8 nitrogen and oxygen atoms in total. The molecule has 1 heterocycles. The van der Waals surface area contributed by atoms with Crippen molar-refractivity contribution in [1.82, 2.24) is 15.5 Å². The van der Waals surface area contributed by atoms with Crippen molar-refractivity contribution in [3.05, 3.63) is 77.9 Å². The van der Waals surface area contributed by atoms with Crippen molar-refractivity contribution in [2.24, 2.45) is 0 Å². The highest BCUT2D eigenvalue weighted by Crippen LogP contribution is 2.23. The van der Waals surface area contributed by atoms with Gasteiger partial charge in [-0.05, 0) is 44.0 Å². The number of hydrogen-bond donors (Lipinski definition) is 2. The van der Waals surface area contributed by atoms with Gasteiger partial charge < -0.3 is 14.8 Å². The molecule has 2 N–H and O–H groups in total. The fourth-order valence-electron chi connectivity index (χ4n) is 3.12. The van der Waals surface area contributed by atoms with Crippen LogP contribution >= 0.6 is 0 Å². The largest absolute Gasteiger partial charge is 0.488 e. The first kappa shape index (κ1) is 23.1. The molecule has 0 aliphatic rings. The van der Waals surface area contributed by atoms with E-state index in [1.54, 1.807) is 24.8 Å². The van der Waals surface area contributed by atoms with E-state index in [1.807, 2.05) is 48.7 Å². The second-order valence-electron chi connectivity index (χ2n) is 8.13. The summed E-state index contributed by atoms with van der Waals surface area (Å²) in [5, 5.41) is 9.99. The van der Waals surface area contributed by atoms with Crippen molar-refractivity contribution in [2.75, 3.05) is 13.7 Å². The first-order valence-corrected chi connectivity index (χ1v) is 10.4. The Morgan fingerprint density at radius 3 is 2.62 bits per heavy atom. The van der Waals surface area contributed by atoms with Gasteiger partial charge in [0.2, 0.25) is 6.33 Å². The highest BCUT2D eigenvalue weighted by molar-refractivity contribution is 6.01. The number of rotatable bonds is 11. The summed E-state index contributed by atoms with van der Waals surface area (Å²) in [5.74, 6) is -0.287. The lowest BCUT2D eigenvalue weighted by Gasteiger charge is -2.25. The lowest BCUT2D eigenvalue weighted by molar-refractivity contribution is -0.698. The molecule has 0 saturated heterocycles. The van der Waals surface area contributed by atoms with Gasteiger partial charge in [0, 0.05) is 16.2 Å². The van der Waals surface area contributed by atoms with Crippen molar-refractivity contribution in [3.8, 4) is 5.75 Å². The summed E-state index contributed by atoms with van der Waals surface area (Å²) in [7, 11) is 1.31. The molecule has 0 amide bonds. The van der Waals surface area contributed by atoms with Gasteiger partial charge in [0.05, 0.1) is 20.2 Å². The fraction of sp³-hybridized carbons (Fsp3) is 0.333. The predicted octanol–water partition coefficient (Wildman–Crippen LogP) is 2.70. The summed E-state index contributed by atoms with van der Waals surface area (Å²) in [4.78, 5) is 25.1. The Balaban J connectivity index is 1.64. The first-order valence-electron chi connectivity index (χ1n) is 10.4. The molecule has 32 heavy (non-hydrogen) atoms. The second-order valence-corrected chi connectivity index (χ2v) is 8.13. The van der Waals surface area contributed by atoms with E-state index in [0.29, 0.717) is 17.9 Å². The van der Waals surface area contributed by atoms with Crippen LogP contribution in [0.1, 0.15) is 46.5 Å². The second kappa shape index (κ2) is 10.7. The van der Waals surface area contributed by atoms with E-state index in [4.69, 9.17) is 9.47 Å². The first-order chi connectivity index (χ1) is 15.4. The quantitative estimate of drug-likeness (QED) is 0.272. The molecule has 0 saturated carbocycles. The topological polar surface area (TPSA) is 97.2 Å². The maximum atomic E-state index is 12.8. The zero-order chi connectivity index (χ0) is 23.0. The Hall–Kier alpha value is -3.52. The summed E-state index contributed by atoms with van der Waals surface area (Å²) in [5.41, 5.74) is 1.36. The van der Waals surface area contributed by atoms with Gasteiger partial charge in [-0.1, -0.05) is 30.3 Å². The molecule has 0 unspecified atom stereocenters. The maximum absolute atomic E-state index is 12.8. The number of aromatic amines is 1. The van der Waals surface area contributed by atoms with E-state index in [2.05, 4.69) is 15.5 Å². The molecular formula is C24H29N4O4+. The molecule has 8 heteroatoms. The average Bonchev–Trinajstić information content (AvgIpc) is 3.34. The number of H-pyrrole nitrogens is 1. The number of Topliss-reactive ketones (excluding diaryl/α,β-unsaturated/α-hetero) is 1. The third-order valence-corrected chi connectivity index (χ3v) is 5.17. The summed E-state index contributed by atoms with van der Waals surface area (Å²) < 4.78 is 12.7. The minimum atomic E-state index is -0.548. The molecule has 0 atom stereocenters. The molecule has 0 fully saturated rings. The molecule has 3 rings (SSSR count). The molecule has 0 spiro atoms. The van der Waals surface area contributed by atoms with Gasteiger partial charge in [-0.3, -0.25) is 4.79 Å². The van der Waals surface area contributed by atoms with Crippen molar-refractivity contribution in [1.29, 1.82) is 0 Å². The summed E-state index contributed by atoms with van der Waals surface area (Å²) in [6.07, 6.45) is 4.32. The monoisotopic (exact) mass is 437 g/mol. The Morgan fingerprint density at radius 2 is 1.94 bits per heavy atom. The van der Waals surface area contributed by atoms with Crippen LogP contribution in [0.25, 0.3) is 0 Å². The molecular weight excluding hydrogens is 408 g/mol. The van der Waals surface area contributed by atoms with Crippen molar-refractivity contribution in [3.63, 3.8) is 0 Å². The Labute approximate surface area is 187 Å². The normalized spacial score (nSPS) is 11.2. The molecule has 1 aromatic heterocycles. The minimum Gasteiger partial charge on any atom is -0.488 e. The van der Waals surface area contributed by atoms with Gasteiger partial charge in [0.1, 0.15) is 17.9 Å². The summed E-state index contributed by atoms with van der Waals surface area (Å²) in [6, 6.07) is 14.5. The van der Waals surface area contributed by atoms with Crippen LogP contribution in [0.5, 0.6) is 5.75 Å².